The van der Waals surface area contributed by atoms with E-state index in [1.807, 2.05) is 30.3 Å². The maximum Gasteiger partial charge on any atom is 0.141 e. The van der Waals surface area contributed by atoms with Crippen LogP contribution in [0, 0.1) is 0 Å². The minimum absolute atomic E-state index is 0.0540. The van der Waals surface area contributed by atoms with E-state index in [2.05, 4.69) is 17.4 Å². The van der Waals surface area contributed by atoms with Crippen LogP contribution in [0.2, 0.25) is 0 Å². The number of amidine groups is 1. The first-order valence-electron chi connectivity index (χ1n) is 7.10. The first kappa shape index (κ1) is 16.5. The fraction of sp³-hybridized carbons (Fsp3) is 0.533. The van der Waals surface area contributed by atoms with E-state index in [9.17, 15) is 0 Å². The van der Waals surface area contributed by atoms with Gasteiger partial charge in [-0.2, -0.15) is 0 Å². The molecule has 20 heavy (non-hydrogen) atoms. The fourth-order valence-corrected chi connectivity index (χ4v) is 1.94. The van der Waals surface area contributed by atoms with Gasteiger partial charge in [0.2, 0.25) is 0 Å². The Hall–Kier alpha value is -1.59. The second kappa shape index (κ2) is 10.2. The van der Waals surface area contributed by atoms with Crippen LogP contribution in [0.1, 0.15) is 37.8 Å². The van der Waals surface area contributed by atoms with Crippen LogP contribution < -0.4 is 11.1 Å². The van der Waals surface area contributed by atoms with Crippen LogP contribution in [0.5, 0.6) is 0 Å². The zero-order chi connectivity index (χ0) is 14.6. The normalized spacial score (nSPS) is 13.3. The maximum atomic E-state index is 8.71. The van der Waals surface area contributed by atoms with Crippen molar-refractivity contribution in [2.45, 2.75) is 32.2 Å². The van der Waals surface area contributed by atoms with Crippen molar-refractivity contribution in [2.75, 3.05) is 19.8 Å². The molecule has 5 nitrogen and oxygen atoms in total. The molecular formula is C15H25N3O2. The highest BCUT2D eigenvalue weighted by Crippen LogP contribution is 2.16. The van der Waals surface area contributed by atoms with Crippen LogP contribution >= 0.6 is 0 Å². The standard InChI is InChI=1S/C15H25N3O2/c1-2-10-20-11-6-9-17-14(12-15(16)18-19)13-7-4-3-5-8-13/h3-5,7-8,14,17,19H,2,6,9-12H2,1H3,(H2,16,18). The zero-order valence-corrected chi connectivity index (χ0v) is 12.1. The van der Waals surface area contributed by atoms with Crippen molar-refractivity contribution >= 4 is 5.84 Å². The Morgan fingerprint density at radius 3 is 2.75 bits per heavy atom. The number of hydrogen-bond donors (Lipinski definition) is 3. The van der Waals surface area contributed by atoms with Gasteiger partial charge in [0.25, 0.3) is 0 Å². The summed E-state index contributed by atoms with van der Waals surface area (Å²) in [7, 11) is 0. The Balaban J connectivity index is 2.43. The third-order valence-corrected chi connectivity index (χ3v) is 2.95. The number of hydrogen-bond acceptors (Lipinski definition) is 4. The van der Waals surface area contributed by atoms with Crippen LogP contribution in [0.25, 0.3) is 0 Å². The summed E-state index contributed by atoms with van der Waals surface area (Å²) in [6.07, 6.45) is 2.47. The van der Waals surface area contributed by atoms with E-state index in [1.54, 1.807) is 0 Å². The Labute approximate surface area is 120 Å². The van der Waals surface area contributed by atoms with Crippen LogP contribution in [0.3, 0.4) is 0 Å². The van der Waals surface area contributed by atoms with E-state index in [-0.39, 0.29) is 11.9 Å². The molecule has 0 aliphatic carbocycles. The number of nitrogens with zero attached hydrogens (tertiary/aromatic N) is 1. The van der Waals surface area contributed by atoms with E-state index < -0.39 is 0 Å². The summed E-state index contributed by atoms with van der Waals surface area (Å²) < 4.78 is 5.44. The summed E-state index contributed by atoms with van der Waals surface area (Å²) in [4.78, 5) is 0. The van der Waals surface area contributed by atoms with Crippen molar-refractivity contribution < 1.29 is 9.94 Å². The number of ether oxygens (including phenoxy) is 1. The van der Waals surface area contributed by atoms with Crippen molar-refractivity contribution in [3.05, 3.63) is 35.9 Å². The Bertz CT molecular complexity index is 382. The van der Waals surface area contributed by atoms with E-state index in [4.69, 9.17) is 15.7 Å². The average molecular weight is 279 g/mol. The fourth-order valence-electron chi connectivity index (χ4n) is 1.94. The lowest BCUT2D eigenvalue weighted by Crippen LogP contribution is -2.28. The second-order valence-electron chi connectivity index (χ2n) is 4.68. The molecule has 5 heteroatoms. The molecule has 1 aromatic carbocycles. The summed E-state index contributed by atoms with van der Waals surface area (Å²) in [6, 6.07) is 10.1. The molecule has 0 spiro atoms. The molecule has 0 fully saturated rings. The van der Waals surface area contributed by atoms with Crippen LogP contribution in [0.15, 0.2) is 35.5 Å². The quantitative estimate of drug-likeness (QED) is 0.202. The molecule has 1 unspecified atom stereocenters. The third-order valence-electron chi connectivity index (χ3n) is 2.95. The van der Waals surface area contributed by atoms with Gasteiger partial charge >= 0.3 is 0 Å². The molecule has 0 saturated heterocycles. The summed E-state index contributed by atoms with van der Waals surface area (Å²) in [5.74, 6) is 0.230. The van der Waals surface area contributed by atoms with Gasteiger partial charge in [-0.05, 0) is 24.9 Å². The topological polar surface area (TPSA) is 79.9 Å². The van der Waals surface area contributed by atoms with Gasteiger partial charge in [0.1, 0.15) is 5.84 Å². The van der Waals surface area contributed by atoms with Crippen molar-refractivity contribution in [1.29, 1.82) is 0 Å². The van der Waals surface area contributed by atoms with Gasteiger partial charge in [0.05, 0.1) is 0 Å². The van der Waals surface area contributed by atoms with Gasteiger partial charge in [-0.25, -0.2) is 0 Å². The van der Waals surface area contributed by atoms with Crippen molar-refractivity contribution in [2.24, 2.45) is 10.9 Å². The molecule has 0 amide bonds. The Kier molecular flexibility index (Phi) is 8.42. The minimum atomic E-state index is 0.0540. The summed E-state index contributed by atoms with van der Waals surface area (Å²) in [5, 5.41) is 15.2. The van der Waals surface area contributed by atoms with Crippen molar-refractivity contribution in [3.63, 3.8) is 0 Å². The largest absolute Gasteiger partial charge is 0.409 e. The highest BCUT2D eigenvalue weighted by molar-refractivity contribution is 5.80. The molecule has 0 saturated carbocycles. The number of oxime groups is 1. The third kappa shape index (κ3) is 6.54. The van der Waals surface area contributed by atoms with E-state index in [1.165, 1.54) is 0 Å². The molecule has 1 atom stereocenters. The van der Waals surface area contributed by atoms with E-state index >= 15 is 0 Å². The molecule has 1 rings (SSSR count). The highest BCUT2D eigenvalue weighted by Gasteiger charge is 2.12. The molecule has 0 aromatic heterocycles. The maximum absolute atomic E-state index is 8.71. The highest BCUT2D eigenvalue weighted by atomic mass is 16.5. The van der Waals surface area contributed by atoms with Crippen molar-refractivity contribution in [1.82, 2.24) is 5.32 Å². The van der Waals surface area contributed by atoms with E-state index in [0.29, 0.717) is 6.42 Å². The predicted octanol–water partition coefficient (Wildman–Crippen LogP) is 2.27. The monoisotopic (exact) mass is 279 g/mol. The lowest BCUT2D eigenvalue weighted by molar-refractivity contribution is 0.131. The summed E-state index contributed by atoms with van der Waals surface area (Å²) in [6.45, 7) is 4.50. The predicted molar refractivity (Wildman–Crippen MR) is 80.9 cm³/mol. The van der Waals surface area contributed by atoms with Crippen LogP contribution in [0.4, 0.5) is 0 Å². The molecule has 112 valence electrons. The molecule has 0 aliphatic rings. The molecule has 0 radical (unpaired) electrons. The molecule has 0 aliphatic heterocycles. The number of nitrogens with one attached hydrogen (secondary N) is 1. The summed E-state index contributed by atoms with van der Waals surface area (Å²) in [5.41, 5.74) is 6.75. The van der Waals surface area contributed by atoms with Gasteiger partial charge in [0.15, 0.2) is 0 Å². The van der Waals surface area contributed by atoms with Gasteiger partial charge in [-0.3, -0.25) is 0 Å². The molecule has 0 heterocycles. The molecule has 0 bridgehead atoms. The first-order chi connectivity index (χ1) is 9.77. The van der Waals surface area contributed by atoms with Crippen LogP contribution in [-0.4, -0.2) is 30.8 Å². The smallest absolute Gasteiger partial charge is 0.141 e. The Morgan fingerprint density at radius 1 is 1.35 bits per heavy atom. The molecular weight excluding hydrogens is 254 g/mol. The van der Waals surface area contributed by atoms with Gasteiger partial charge in [-0.15, -0.1) is 0 Å². The molecule has 1 aromatic rings. The second-order valence-corrected chi connectivity index (χ2v) is 4.68. The first-order valence-corrected chi connectivity index (χ1v) is 7.10. The van der Waals surface area contributed by atoms with Gasteiger partial charge in [0, 0.05) is 25.7 Å². The number of benzene rings is 1. The lowest BCUT2D eigenvalue weighted by Gasteiger charge is -2.18. The zero-order valence-electron chi connectivity index (χ0n) is 12.1. The minimum Gasteiger partial charge on any atom is -0.409 e. The summed E-state index contributed by atoms with van der Waals surface area (Å²) >= 11 is 0. The van der Waals surface area contributed by atoms with Crippen molar-refractivity contribution in [3.8, 4) is 0 Å². The van der Waals surface area contributed by atoms with E-state index in [0.717, 1.165) is 38.2 Å². The van der Waals surface area contributed by atoms with Gasteiger partial charge < -0.3 is 21.0 Å². The SMILES string of the molecule is CCCOCCCNC(C/C(N)=N/O)c1ccccc1. The van der Waals surface area contributed by atoms with Crippen LogP contribution in [-0.2, 0) is 4.74 Å². The van der Waals surface area contributed by atoms with Gasteiger partial charge in [-0.1, -0.05) is 42.4 Å². The lowest BCUT2D eigenvalue weighted by atomic mass is 10.0. The Morgan fingerprint density at radius 2 is 2.10 bits per heavy atom. The number of rotatable bonds is 10. The molecule has 4 N–H and O–H groups in total. The number of nitrogens with two attached hydrogens (primary N) is 1. The average Bonchev–Trinajstić information content (AvgIpc) is 2.50.